The van der Waals surface area contributed by atoms with E-state index in [9.17, 15) is 4.79 Å². The highest BCUT2D eigenvalue weighted by molar-refractivity contribution is 5.91. The minimum Gasteiger partial charge on any atom is -0.493 e. The van der Waals surface area contributed by atoms with Gasteiger partial charge in [-0.25, -0.2) is 0 Å². The number of rotatable bonds is 5. The summed E-state index contributed by atoms with van der Waals surface area (Å²) in [4.78, 5) is 12.3. The molecule has 1 fully saturated rings. The molecule has 1 aromatic heterocycles. The Kier molecular flexibility index (Phi) is 4.72. The maximum atomic E-state index is 12.3. The Morgan fingerprint density at radius 1 is 1.24 bits per heavy atom. The summed E-state index contributed by atoms with van der Waals surface area (Å²) in [5.41, 5.74) is 3.33. The van der Waals surface area contributed by atoms with Crippen molar-refractivity contribution in [2.24, 2.45) is 5.92 Å². The second kappa shape index (κ2) is 7.30. The fourth-order valence-corrected chi connectivity index (χ4v) is 3.95. The van der Waals surface area contributed by atoms with Gasteiger partial charge in [-0.15, -0.1) is 0 Å². The lowest BCUT2D eigenvalue weighted by atomic mass is 9.86. The molecule has 0 radical (unpaired) electrons. The predicted octanol–water partition coefficient (Wildman–Crippen LogP) is 3.65. The van der Waals surface area contributed by atoms with Crippen molar-refractivity contribution >= 4 is 11.7 Å². The Morgan fingerprint density at radius 3 is 3.00 bits per heavy atom. The summed E-state index contributed by atoms with van der Waals surface area (Å²) in [7, 11) is 0. The van der Waals surface area contributed by atoms with Crippen LogP contribution in [0.15, 0.2) is 24.3 Å². The molecule has 2 heterocycles. The standard InChI is InChI=1S/C20H25N3O2/c24-20(12-15-6-7-18-16(10-15)8-9-25-18)21-19-13-17(22-23-19)11-14-4-2-1-3-5-14/h6-7,10,13-14H,1-5,8-9,11-12H2,(H2,21,22,23,24). The second-order valence-electron chi connectivity index (χ2n) is 7.25. The molecule has 1 saturated carbocycles. The third-order valence-electron chi connectivity index (χ3n) is 5.25. The summed E-state index contributed by atoms with van der Waals surface area (Å²) in [5.74, 6) is 2.30. The number of nitrogens with zero attached hydrogens (tertiary/aromatic N) is 1. The van der Waals surface area contributed by atoms with Crippen LogP contribution in [0.3, 0.4) is 0 Å². The number of carbonyl (C=O) groups excluding carboxylic acids is 1. The molecule has 25 heavy (non-hydrogen) atoms. The molecule has 2 aromatic rings. The van der Waals surface area contributed by atoms with Gasteiger partial charge in [-0.2, -0.15) is 5.10 Å². The topological polar surface area (TPSA) is 67.0 Å². The minimum atomic E-state index is -0.0328. The second-order valence-corrected chi connectivity index (χ2v) is 7.25. The van der Waals surface area contributed by atoms with Crippen molar-refractivity contribution in [2.75, 3.05) is 11.9 Å². The van der Waals surface area contributed by atoms with Gasteiger partial charge in [-0.1, -0.05) is 44.2 Å². The summed E-state index contributed by atoms with van der Waals surface area (Å²) in [6, 6.07) is 7.97. The lowest BCUT2D eigenvalue weighted by Crippen LogP contribution is -2.14. The molecule has 2 N–H and O–H groups in total. The molecule has 0 unspecified atom stereocenters. The van der Waals surface area contributed by atoms with E-state index in [-0.39, 0.29) is 5.91 Å². The van der Waals surface area contributed by atoms with E-state index in [0.29, 0.717) is 12.2 Å². The zero-order valence-electron chi connectivity index (χ0n) is 14.5. The van der Waals surface area contributed by atoms with E-state index in [4.69, 9.17) is 4.74 Å². The van der Waals surface area contributed by atoms with Gasteiger partial charge in [0.2, 0.25) is 5.91 Å². The number of carbonyl (C=O) groups is 1. The van der Waals surface area contributed by atoms with Gasteiger partial charge in [-0.3, -0.25) is 9.89 Å². The van der Waals surface area contributed by atoms with Crippen molar-refractivity contribution < 1.29 is 9.53 Å². The fourth-order valence-electron chi connectivity index (χ4n) is 3.95. The molecule has 2 aliphatic rings. The highest BCUT2D eigenvalue weighted by Crippen LogP contribution is 2.27. The number of ether oxygens (including phenoxy) is 1. The number of hydrogen-bond donors (Lipinski definition) is 2. The molecular formula is C20H25N3O2. The van der Waals surface area contributed by atoms with E-state index in [1.807, 2.05) is 18.2 Å². The number of nitrogens with one attached hydrogen (secondary N) is 2. The highest BCUT2D eigenvalue weighted by atomic mass is 16.5. The number of amides is 1. The maximum Gasteiger partial charge on any atom is 0.229 e. The van der Waals surface area contributed by atoms with Crippen molar-refractivity contribution in [1.29, 1.82) is 0 Å². The maximum absolute atomic E-state index is 12.3. The molecule has 1 aliphatic heterocycles. The van der Waals surface area contributed by atoms with Gasteiger partial charge in [0.15, 0.2) is 5.82 Å². The summed E-state index contributed by atoms with van der Waals surface area (Å²) in [6.07, 6.45) is 8.99. The lowest BCUT2D eigenvalue weighted by molar-refractivity contribution is -0.115. The van der Waals surface area contributed by atoms with E-state index in [1.165, 1.54) is 37.7 Å². The fraction of sp³-hybridized carbons (Fsp3) is 0.500. The van der Waals surface area contributed by atoms with Crippen LogP contribution in [0.5, 0.6) is 5.75 Å². The van der Waals surface area contributed by atoms with E-state index in [2.05, 4.69) is 21.6 Å². The Hall–Kier alpha value is -2.30. The first-order valence-corrected chi connectivity index (χ1v) is 9.35. The van der Waals surface area contributed by atoms with Crippen molar-refractivity contribution in [3.8, 4) is 5.75 Å². The Bertz CT molecular complexity index is 747. The normalized spacial score (nSPS) is 17.1. The lowest BCUT2D eigenvalue weighted by Gasteiger charge is -2.20. The molecule has 4 rings (SSSR count). The van der Waals surface area contributed by atoms with Crippen LogP contribution in [0.25, 0.3) is 0 Å². The van der Waals surface area contributed by atoms with E-state index < -0.39 is 0 Å². The molecule has 0 saturated heterocycles. The summed E-state index contributed by atoms with van der Waals surface area (Å²) in [5, 5.41) is 10.2. The SMILES string of the molecule is O=C(Cc1ccc2c(c1)CCO2)Nc1cc(CC2CCCCC2)[nH]n1. The third-order valence-corrected chi connectivity index (χ3v) is 5.25. The molecule has 5 nitrogen and oxygen atoms in total. The molecule has 1 amide bonds. The molecule has 5 heteroatoms. The molecule has 0 spiro atoms. The van der Waals surface area contributed by atoms with Crippen molar-refractivity contribution in [3.63, 3.8) is 0 Å². The average molecular weight is 339 g/mol. The van der Waals surface area contributed by atoms with E-state index >= 15 is 0 Å². The van der Waals surface area contributed by atoms with E-state index in [1.54, 1.807) is 0 Å². The van der Waals surface area contributed by atoms with Crippen LogP contribution in [-0.4, -0.2) is 22.7 Å². The van der Waals surface area contributed by atoms with Crippen LogP contribution < -0.4 is 10.1 Å². The third kappa shape index (κ3) is 4.03. The summed E-state index contributed by atoms with van der Waals surface area (Å²) < 4.78 is 5.50. The zero-order chi connectivity index (χ0) is 17.1. The van der Waals surface area contributed by atoms with Gasteiger partial charge in [0, 0.05) is 18.2 Å². The van der Waals surface area contributed by atoms with Gasteiger partial charge < -0.3 is 10.1 Å². The molecule has 0 atom stereocenters. The van der Waals surface area contributed by atoms with Gasteiger partial charge in [0.1, 0.15) is 5.75 Å². The number of fused-ring (bicyclic) bond motifs is 1. The van der Waals surface area contributed by atoms with Crippen molar-refractivity contribution in [3.05, 3.63) is 41.1 Å². The first kappa shape index (κ1) is 16.2. The van der Waals surface area contributed by atoms with Crippen LogP contribution >= 0.6 is 0 Å². The molecule has 132 valence electrons. The molecular weight excluding hydrogens is 314 g/mol. The monoisotopic (exact) mass is 339 g/mol. The number of aromatic amines is 1. The summed E-state index contributed by atoms with van der Waals surface area (Å²) >= 11 is 0. The van der Waals surface area contributed by atoms with Crippen LogP contribution in [0, 0.1) is 5.92 Å². The van der Waals surface area contributed by atoms with E-state index in [0.717, 1.165) is 42.4 Å². The summed E-state index contributed by atoms with van der Waals surface area (Å²) in [6.45, 7) is 0.738. The average Bonchev–Trinajstić information content (AvgIpc) is 3.24. The van der Waals surface area contributed by atoms with Crippen LogP contribution in [0.2, 0.25) is 0 Å². The first-order valence-electron chi connectivity index (χ1n) is 9.35. The van der Waals surface area contributed by atoms with Gasteiger partial charge in [0.25, 0.3) is 0 Å². The van der Waals surface area contributed by atoms with Gasteiger partial charge in [-0.05, 0) is 29.5 Å². The zero-order valence-corrected chi connectivity index (χ0v) is 14.5. The number of hydrogen-bond acceptors (Lipinski definition) is 3. The Labute approximate surface area is 148 Å². The minimum absolute atomic E-state index is 0.0328. The Balaban J connectivity index is 1.32. The largest absolute Gasteiger partial charge is 0.493 e. The van der Waals surface area contributed by atoms with Crippen molar-refractivity contribution in [2.45, 2.75) is 51.4 Å². The predicted molar refractivity (Wildman–Crippen MR) is 96.8 cm³/mol. The molecule has 1 aliphatic carbocycles. The first-order chi connectivity index (χ1) is 12.3. The van der Waals surface area contributed by atoms with Crippen LogP contribution in [0.1, 0.15) is 48.9 Å². The number of H-pyrrole nitrogens is 1. The smallest absolute Gasteiger partial charge is 0.229 e. The van der Waals surface area contributed by atoms with Crippen LogP contribution in [0.4, 0.5) is 5.82 Å². The van der Waals surface area contributed by atoms with Crippen molar-refractivity contribution in [1.82, 2.24) is 10.2 Å². The van der Waals surface area contributed by atoms with Crippen LogP contribution in [-0.2, 0) is 24.1 Å². The quantitative estimate of drug-likeness (QED) is 0.874. The highest BCUT2D eigenvalue weighted by Gasteiger charge is 2.16. The van der Waals surface area contributed by atoms with Gasteiger partial charge >= 0.3 is 0 Å². The van der Waals surface area contributed by atoms with Gasteiger partial charge in [0.05, 0.1) is 13.0 Å². The number of anilines is 1. The Morgan fingerprint density at radius 2 is 2.12 bits per heavy atom. The number of benzene rings is 1. The molecule has 1 aromatic carbocycles. The number of aromatic nitrogens is 2. The molecule has 0 bridgehead atoms.